The highest BCUT2D eigenvalue weighted by atomic mass is 19.4. The van der Waals surface area contributed by atoms with Gasteiger partial charge in [0.25, 0.3) is 0 Å². The van der Waals surface area contributed by atoms with Gasteiger partial charge in [-0.15, -0.1) is 0 Å². The normalized spacial score (nSPS) is 12.8. The molecule has 0 radical (unpaired) electrons. The molecule has 1 N–H and O–H groups in total. The maximum absolute atomic E-state index is 11.8. The van der Waals surface area contributed by atoms with Crippen LogP contribution in [0.4, 0.5) is 13.2 Å². The molecule has 0 aromatic carbocycles. The third-order valence-corrected chi connectivity index (χ3v) is 1.38. The van der Waals surface area contributed by atoms with Crippen molar-refractivity contribution in [3.8, 4) is 0 Å². The van der Waals surface area contributed by atoms with Crippen molar-refractivity contribution in [3.63, 3.8) is 0 Å². The van der Waals surface area contributed by atoms with Crippen LogP contribution in [0.1, 0.15) is 13.8 Å². The van der Waals surface area contributed by atoms with E-state index in [2.05, 4.69) is 11.3 Å². The molecule has 0 atom stereocenters. The van der Waals surface area contributed by atoms with Crippen molar-refractivity contribution in [2.75, 3.05) is 13.2 Å². The lowest BCUT2D eigenvalue weighted by atomic mass is 9.97. The Kier molecular flexibility index (Phi) is 3.78. The summed E-state index contributed by atoms with van der Waals surface area (Å²) in [6, 6.07) is 0. The van der Waals surface area contributed by atoms with Gasteiger partial charge in [0.1, 0.15) is 0 Å². The number of allylic oxidation sites excluding steroid dienone is 1. The number of halogens is 3. The van der Waals surface area contributed by atoms with E-state index in [9.17, 15) is 13.2 Å². The van der Waals surface area contributed by atoms with E-state index in [4.69, 9.17) is 5.11 Å². The zero-order valence-electron chi connectivity index (χ0n) is 7.61. The zero-order chi connectivity index (χ0) is 10.7. The first-order valence-electron chi connectivity index (χ1n) is 3.69. The second-order valence-electron chi connectivity index (χ2n) is 3.53. The third kappa shape index (κ3) is 4.77. The SMILES string of the molecule is C=C(OCC(C)(C)CO)C(F)(F)F. The van der Waals surface area contributed by atoms with Gasteiger partial charge in [-0.3, -0.25) is 0 Å². The molecule has 0 fully saturated rings. The fourth-order valence-electron chi connectivity index (χ4n) is 0.410. The summed E-state index contributed by atoms with van der Waals surface area (Å²) in [5.41, 5.74) is -0.686. The highest BCUT2D eigenvalue weighted by Gasteiger charge is 2.35. The number of hydrogen-bond acceptors (Lipinski definition) is 2. The van der Waals surface area contributed by atoms with E-state index in [0.29, 0.717) is 0 Å². The largest absolute Gasteiger partial charge is 0.489 e. The standard InChI is InChI=1S/C8H13F3O2/c1-6(8(9,10)11)13-5-7(2,3)4-12/h12H,1,4-5H2,2-3H3. The molecule has 0 unspecified atom stereocenters. The van der Waals surface area contributed by atoms with Crippen molar-refractivity contribution < 1.29 is 23.0 Å². The van der Waals surface area contributed by atoms with Gasteiger partial charge in [0, 0.05) is 5.41 Å². The van der Waals surface area contributed by atoms with E-state index in [1.807, 2.05) is 0 Å². The van der Waals surface area contributed by atoms with Gasteiger partial charge in [0.05, 0.1) is 13.2 Å². The lowest BCUT2D eigenvalue weighted by Gasteiger charge is -2.23. The average Bonchev–Trinajstić information content (AvgIpc) is 1.98. The molecule has 0 amide bonds. The van der Waals surface area contributed by atoms with E-state index in [-0.39, 0.29) is 13.2 Å². The molecule has 5 heteroatoms. The molecule has 0 rings (SSSR count). The van der Waals surface area contributed by atoms with Crippen molar-refractivity contribution in [1.29, 1.82) is 0 Å². The van der Waals surface area contributed by atoms with Crippen LogP contribution in [0, 0.1) is 5.41 Å². The number of hydrogen-bond donors (Lipinski definition) is 1. The lowest BCUT2D eigenvalue weighted by molar-refractivity contribution is -0.136. The Morgan fingerprint density at radius 2 is 1.85 bits per heavy atom. The van der Waals surface area contributed by atoms with E-state index in [1.165, 1.54) is 0 Å². The van der Waals surface area contributed by atoms with Gasteiger partial charge in [-0.2, -0.15) is 13.2 Å². The van der Waals surface area contributed by atoms with Crippen LogP contribution in [-0.2, 0) is 4.74 Å². The van der Waals surface area contributed by atoms with E-state index >= 15 is 0 Å². The molecule has 0 aromatic heterocycles. The summed E-state index contributed by atoms with van der Waals surface area (Å²) in [6.45, 7) is 5.48. The highest BCUT2D eigenvalue weighted by molar-refractivity contribution is 4.92. The van der Waals surface area contributed by atoms with E-state index < -0.39 is 17.4 Å². The Morgan fingerprint density at radius 3 is 2.15 bits per heavy atom. The van der Waals surface area contributed by atoms with Crippen LogP contribution in [0.3, 0.4) is 0 Å². The molecule has 0 saturated heterocycles. The van der Waals surface area contributed by atoms with Gasteiger partial charge >= 0.3 is 6.18 Å². The summed E-state index contributed by atoms with van der Waals surface area (Å²) < 4.78 is 39.9. The minimum atomic E-state index is -4.52. The van der Waals surface area contributed by atoms with Crippen LogP contribution in [-0.4, -0.2) is 24.5 Å². The van der Waals surface area contributed by atoms with E-state index in [0.717, 1.165) is 0 Å². The molecule has 0 aliphatic rings. The smallest absolute Gasteiger partial charge is 0.448 e. The maximum Gasteiger partial charge on any atom is 0.448 e. The van der Waals surface area contributed by atoms with E-state index in [1.54, 1.807) is 13.8 Å². The molecular formula is C8H13F3O2. The first-order chi connectivity index (χ1) is 5.69. The second kappa shape index (κ2) is 4.00. The molecule has 0 saturated carbocycles. The molecular weight excluding hydrogens is 185 g/mol. The third-order valence-electron chi connectivity index (χ3n) is 1.38. The molecule has 0 bridgehead atoms. The van der Waals surface area contributed by atoms with Gasteiger partial charge in [-0.25, -0.2) is 0 Å². The van der Waals surface area contributed by atoms with Crippen molar-refractivity contribution in [1.82, 2.24) is 0 Å². The predicted molar refractivity (Wildman–Crippen MR) is 42.0 cm³/mol. The molecule has 0 aromatic rings. The molecule has 0 aliphatic heterocycles. The van der Waals surface area contributed by atoms with Crippen LogP contribution in [0.25, 0.3) is 0 Å². The zero-order valence-corrected chi connectivity index (χ0v) is 7.61. The number of alkyl halides is 3. The Hall–Kier alpha value is -0.710. The summed E-state index contributed by atoms with van der Waals surface area (Å²) >= 11 is 0. The van der Waals surface area contributed by atoms with Crippen molar-refractivity contribution in [2.45, 2.75) is 20.0 Å². The van der Waals surface area contributed by atoms with Gasteiger partial charge in [-0.05, 0) is 0 Å². The molecule has 78 valence electrons. The number of aliphatic hydroxyl groups is 1. The average molecular weight is 198 g/mol. The van der Waals surface area contributed by atoms with Gasteiger partial charge < -0.3 is 9.84 Å². The molecule has 2 nitrogen and oxygen atoms in total. The molecule has 0 aliphatic carbocycles. The Bertz CT molecular complexity index is 184. The Balaban J connectivity index is 3.98. The highest BCUT2D eigenvalue weighted by Crippen LogP contribution is 2.26. The van der Waals surface area contributed by atoms with Crippen LogP contribution >= 0.6 is 0 Å². The minimum Gasteiger partial charge on any atom is -0.489 e. The van der Waals surface area contributed by atoms with Crippen LogP contribution in [0.15, 0.2) is 12.3 Å². The Morgan fingerprint density at radius 1 is 1.38 bits per heavy atom. The fourth-order valence-corrected chi connectivity index (χ4v) is 0.410. The van der Waals surface area contributed by atoms with Crippen molar-refractivity contribution in [2.24, 2.45) is 5.41 Å². The summed E-state index contributed by atoms with van der Waals surface area (Å²) in [5.74, 6) is -1.23. The minimum absolute atomic E-state index is 0.207. The van der Waals surface area contributed by atoms with Crippen molar-refractivity contribution >= 4 is 0 Å². The number of rotatable bonds is 4. The van der Waals surface area contributed by atoms with Gasteiger partial charge in [0.2, 0.25) is 0 Å². The quantitative estimate of drug-likeness (QED) is 0.701. The second-order valence-corrected chi connectivity index (χ2v) is 3.53. The topological polar surface area (TPSA) is 29.5 Å². The van der Waals surface area contributed by atoms with Crippen LogP contribution < -0.4 is 0 Å². The first kappa shape index (κ1) is 12.3. The first-order valence-corrected chi connectivity index (χ1v) is 3.69. The maximum atomic E-state index is 11.8. The van der Waals surface area contributed by atoms with Crippen LogP contribution in [0.2, 0.25) is 0 Å². The molecule has 0 heterocycles. The summed E-state index contributed by atoms with van der Waals surface area (Å²) in [6.07, 6.45) is -4.52. The molecule has 0 spiro atoms. The van der Waals surface area contributed by atoms with Crippen molar-refractivity contribution in [3.05, 3.63) is 12.3 Å². The Labute approximate surface area is 75.0 Å². The molecule has 13 heavy (non-hydrogen) atoms. The number of aliphatic hydroxyl groups excluding tert-OH is 1. The van der Waals surface area contributed by atoms with Gasteiger partial charge in [0.15, 0.2) is 5.76 Å². The van der Waals surface area contributed by atoms with Crippen LogP contribution in [0.5, 0.6) is 0 Å². The fraction of sp³-hybridized carbons (Fsp3) is 0.750. The number of ether oxygens (including phenoxy) is 1. The summed E-state index contributed by atoms with van der Waals surface area (Å²) in [7, 11) is 0. The summed E-state index contributed by atoms with van der Waals surface area (Å²) in [4.78, 5) is 0. The van der Waals surface area contributed by atoms with Gasteiger partial charge in [-0.1, -0.05) is 20.4 Å². The monoisotopic (exact) mass is 198 g/mol. The predicted octanol–water partition coefficient (Wildman–Crippen LogP) is 2.10. The summed E-state index contributed by atoms with van der Waals surface area (Å²) in [5, 5.41) is 8.72. The lowest BCUT2D eigenvalue weighted by Crippen LogP contribution is -2.26.